The molecule has 2 N–H and O–H groups in total. The summed E-state index contributed by atoms with van der Waals surface area (Å²) in [6.45, 7) is 7.97. The van der Waals surface area contributed by atoms with Crippen LogP contribution in [0.1, 0.15) is 45.9 Å². The average Bonchev–Trinajstić information content (AvgIpc) is 2.80. The summed E-state index contributed by atoms with van der Waals surface area (Å²) in [5.74, 6) is 0.604. The van der Waals surface area contributed by atoms with Crippen LogP contribution in [0, 0.1) is 0 Å². The Hall–Kier alpha value is -1.14. The summed E-state index contributed by atoms with van der Waals surface area (Å²) in [4.78, 5) is 1.95. The lowest BCUT2D eigenvalue weighted by molar-refractivity contribution is 0.283. The number of nitrogens with one attached hydrogen (secondary N) is 1. The summed E-state index contributed by atoms with van der Waals surface area (Å²) in [6.07, 6.45) is 2.86. The van der Waals surface area contributed by atoms with Crippen molar-refractivity contribution in [1.29, 1.82) is 0 Å². The average molecular weight is 270 g/mol. The number of unbranched alkanes of at least 4 members (excludes halogenated alkanes) is 2. The Labute approximate surface area is 115 Å². The topological polar surface area (TPSA) is 74.4 Å². The molecule has 0 saturated carbocycles. The van der Waals surface area contributed by atoms with Crippen molar-refractivity contribution in [3.63, 3.8) is 0 Å². The molecule has 110 valence electrons. The van der Waals surface area contributed by atoms with Gasteiger partial charge in [-0.2, -0.15) is 0 Å². The largest absolute Gasteiger partial charge is 0.407 e. The van der Waals surface area contributed by atoms with Gasteiger partial charge in [-0.3, -0.25) is 0 Å². The highest BCUT2D eigenvalue weighted by Gasteiger charge is 2.13. The fourth-order valence-corrected chi connectivity index (χ4v) is 1.54. The van der Waals surface area contributed by atoms with Gasteiger partial charge in [0.1, 0.15) is 0 Å². The second-order valence-electron chi connectivity index (χ2n) is 5.79. The Kier molecular flexibility index (Phi) is 6.24. The molecule has 0 amide bonds. The summed E-state index contributed by atoms with van der Waals surface area (Å²) < 4.78 is 5.59. The van der Waals surface area contributed by atoms with E-state index in [2.05, 4.69) is 36.3 Å². The van der Waals surface area contributed by atoms with Crippen LogP contribution < -0.4 is 10.2 Å². The van der Waals surface area contributed by atoms with Crippen molar-refractivity contribution >= 4 is 6.01 Å². The van der Waals surface area contributed by atoms with E-state index in [1.807, 2.05) is 11.9 Å². The van der Waals surface area contributed by atoms with Gasteiger partial charge in [0, 0.05) is 25.7 Å². The van der Waals surface area contributed by atoms with Gasteiger partial charge in [0.05, 0.1) is 6.54 Å². The number of rotatable bonds is 8. The van der Waals surface area contributed by atoms with Crippen LogP contribution in [0.25, 0.3) is 0 Å². The molecule has 0 spiro atoms. The molecule has 1 aromatic heterocycles. The van der Waals surface area contributed by atoms with Crippen molar-refractivity contribution in [3.8, 4) is 0 Å². The van der Waals surface area contributed by atoms with Gasteiger partial charge in [-0.25, -0.2) is 0 Å². The van der Waals surface area contributed by atoms with E-state index in [1.54, 1.807) is 0 Å². The molecule has 19 heavy (non-hydrogen) atoms. The number of hydrogen-bond acceptors (Lipinski definition) is 6. The third-order valence-corrected chi connectivity index (χ3v) is 2.70. The van der Waals surface area contributed by atoms with Gasteiger partial charge in [-0.1, -0.05) is 5.10 Å². The van der Waals surface area contributed by atoms with E-state index in [1.165, 1.54) is 0 Å². The first-order chi connectivity index (χ1) is 8.92. The van der Waals surface area contributed by atoms with Crippen LogP contribution in [0.5, 0.6) is 0 Å². The third kappa shape index (κ3) is 6.54. The SMILES string of the molecule is CN(CCCCCO)c1nnc(CNC(C)(C)C)o1. The maximum atomic E-state index is 8.72. The minimum absolute atomic E-state index is 0.0326. The highest BCUT2D eigenvalue weighted by molar-refractivity contribution is 5.21. The zero-order chi connectivity index (χ0) is 14.3. The first kappa shape index (κ1) is 15.9. The minimum atomic E-state index is 0.0326. The van der Waals surface area contributed by atoms with Gasteiger partial charge in [0.2, 0.25) is 5.89 Å². The predicted octanol–water partition coefficient (Wildman–Crippen LogP) is 1.56. The van der Waals surface area contributed by atoms with E-state index in [0.717, 1.165) is 25.8 Å². The van der Waals surface area contributed by atoms with E-state index in [9.17, 15) is 0 Å². The van der Waals surface area contributed by atoms with Crippen LogP contribution in [-0.2, 0) is 6.54 Å². The lowest BCUT2D eigenvalue weighted by Crippen LogP contribution is -2.35. The number of hydrogen-bond donors (Lipinski definition) is 2. The highest BCUT2D eigenvalue weighted by atomic mass is 16.4. The summed E-state index contributed by atoms with van der Waals surface area (Å²) in [6, 6.07) is 0.551. The molecule has 0 radical (unpaired) electrons. The van der Waals surface area contributed by atoms with Crippen molar-refractivity contribution in [2.24, 2.45) is 0 Å². The van der Waals surface area contributed by atoms with Crippen molar-refractivity contribution in [2.45, 2.75) is 52.1 Å². The van der Waals surface area contributed by atoms with E-state index in [0.29, 0.717) is 18.5 Å². The van der Waals surface area contributed by atoms with E-state index in [-0.39, 0.29) is 12.1 Å². The number of nitrogens with zero attached hydrogens (tertiary/aromatic N) is 3. The highest BCUT2D eigenvalue weighted by Crippen LogP contribution is 2.12. The molecule has 0 fully saturated rings. The second kappa shape index (κ2) is 7.45. The van der Waals surface area contributed by atoms with Crippen molar-refractivity contribution < 1.29 is 9.52 Å². The minimum Gasteiger partial charge on any atom is -0.407 e. The predicted molar refractivity (Wildman–Crippen MR) is 75.1 cm³/mol. The van der Waals surface area contributed by atoms with Crippen LogP contribution in [0.4, 0.5) is 6.01 Å². The smallest absolute Gasteiger partial charge is 0.317 e. The zero-order valence-electron chi connectivity index (χ0n) is 12.4. The molecule has 0 aliphatic heterocycles. The van der Waals surface area contributed by atoms with Crippen LogP contribution in [-0.4, -0.2) is 41.0 Å². The molecule has 1 aromatic rings. The standard InChI is InChI=1S/C13H26N4O2/c1-13(2,3)14-10-11-15-16-12(19-11)17(4)8-6-5-7-9-18/h14,18H,5-10H2,1-4H3. The molecular weight excluding hydrogens is 244 g/mol. The third-order valence-electron chi connectivity index (χ3n) is 2.70. The van der Waals surface area contributed by atoms with Crippen molar-refractivity contribution in [2.75, 3.05) is 25.1 Å². The summed E-state index contributed by atoms with van der Waals surface area (Å²) >= 11 is 0. The molecule has 0 saturated heterocycles. The molecule has 0 unspecified atom stereocenters. The normalized spacial score (nSPS) is 11.8. The molecule has 0 aromatic carbocycles. The number of aromatic nitrogens is 2. The van der Waals surface area contributed by atoms with Gasteiger partial charge in [-0.15, -0.1) is 5.10 Å². The maximum absolute atomic E-state index is 8.72. The zero-order valence-corrected chi connectivity index (χ0v) is 12.4. The quantitative estimate of drug-likeness (QED) is 0.698. The van der Waals surface area contributed by atoms with E-state index < -0.39 is 0 Å². The van der Waals surface area contributed by atoms with Crippen LogP contribution in [0.2, 0.25) is 0 Å². The van der Waals surface area contributed by atoms with E-state index >= 15 is 0 Å². The maximum Gasteiger partial charge on any atom is 0.317 e. The van der Waals surface area contributed by atoms with Gasteiger partial charge >= 0.3 is 6.01 Å². The molecule has 0 bridgehead atoms. The Balaban J connectivity index is 2.36. The fourth-order valence-electron chi connectivity index (χ4n) is 1.54. The molecule has 0 atom stereocenters. The van der Waals surface area contributed by atoms with Crippen LogP contribution in [0.3, 0.4) is 0 Å². The summed E-state index contributed by atoms with van der Waals surface area (Å²) in [5.41, 5.74) is 0.0326. The number of anilines is 1. The summed E-state index contributed by atoms with van der Waals surface area (Å²) in [7, 11) is 1.94. The Bertz CT molecular complexity index is 360. The first-order valence-electron chi connectivity index (χ1n) is 6.82. The molecule has 0 aliphatic carbocycles. The Morgan fingerprint density at radius 1 is 1.21 bits per heavy atom. The van der Waals surface area contributed by atoms with Crippen molar-refractivity contribution in [3.05, 3.63) is 5.89 Å². The van der Waals surface area contributed by atoms with Gasteiger partial charge in [-0.05, 0) is 40.0 Å². The first-order valence-corrected chi connectivity index (χ1v) is 6.82. The molecule has 1 rings (SSSR count). The molecule has 6 heteroatoms. The molecular formula is C13H26N4O2. The van der Waals surface area contributed by atoms with Gasteiger partial charge in [0.15, 0.2) is 0 Å². The monoisotopic (exact) mass is 270 g/mol. The lowest BCUT2D eigenvalue weighted by atomic mass is 10.1. The molecule has 6 nitrogen and oxygen atoms in total. The van der Waals surface area contributed by atoms with Crippen LogP contribution >= 0.6 is 0 Å². The van der Waals surface area contributed by atoms with Crippen LogP contribution in [0.15, 0.2) is 4.42 Å². The Morgan fingerprint density at radius 3 is 2.58 bits per heavy atom. The fraction of sp³-hybridized carbons (Fsp3) is 0.846. The summed E-state index contributed by atoms with van der Waals surface area (Å²) in [5, 5.41) is 20.1. The molecule has 0 aliphatic rings. The van der Waals surface area contributed by atoms with Gasteiger partial charge in [0.25, 0.3) is 0 Å². The second-order valence-corrected chi connectivity index (χ2v) is 5.79. The Morgan fingerprint density at radius 2 is 1.95 bits per heavy atom. The van der Waals surface area contributed by atoms with Gasteiger partial charge < -0.3 is 19.7 Å². The molecule has 1 heterocycles. The lowest BCUT2D eigenvalue weighted by Gasteiger charge is -2.18. The number of aliphatic hydroxyl groups is 1. The number of aliphatic hydroxyl groups excluding tert-OH is 1. The van der Waals surface area contributed by atoms with Crippen molar-refractivity contribution in [1.82, 2.24) is 15.5 Å². The van der Waals surface area contributed by atoms with E-state index in [4.69, 9.17) is 9.52 Å².